The average Bonchev–Trinajstić information content (AvgIpc) is 3.13. The molecule has 20 nitrogen and oxygen atoms in total. The number of unbranched alkanes of at least 4 members (excludes halogenated alkanes) is 1. The summed E-state index contributed by atoms with van der Waals surface area (Å²) in [5.74, 6) is -7.75. The van der Waals surface area contributed by atoms with Crippen molar-refractivity contribution < 1.29 is 48.6 Å². The smallest absolute Gasteiger partial charge is 0.245 e. The Labute approximate surface area is 328 Å². The third-order valence-corrected chi connectivity index (χ3v) is 9.20. The van der Waals surface area contributed by atoms with E-state index in [1.54, 1.807) is 41.5 Å². The molecule has 0 heterocycles. The molecule has 0 rings (SSSR count). The highest BCUT2D eigenvalue weighted by Crippen LogP contribution is 2.12. The molecule has 0 saturated heterocycles. The van der Waals surface area contributed by atoms with Gasteiger partial charge in [-0.05, 0) is 50.5 Å². The van der Waals surface area contributed by atoms with Crippen LogP contribution in [0.1, 0.15) is 74.1 Å². The molecule has 0 aliphatic heterocycles. The monoisotopic (exact) mass is 804 g/mol. The largest absolute Gasteiger partial charge is 0.394 e. The minimum atomic E-state index is -1.43. The first-order valence-electron chi connectivity index (χ1n) is 18.4. The van der Waals surface area contributed by atoms with Gasteiger partial charge < -0.3 is 64.6 Å². The van der Waals surface area contributed by atoms with E-state index in [-0.39, 0.29) is 12.2 Å². The normalized spacial score (nSPS) is 16.2. The van der Waals surface area contributed by atoms with Crippen molar-refractivity contribution >= 4 is 59.9 Å². The van der Waals surface area contributed by atoms with Gasteiger partial charge in [0.15, 0.2) is 0 Å². The van der Waals surface area contributed by atoms with E-state index < -0.39 is 127 Å². The lowest BCUT2D eigenvalue weighted by Crippen LogP contribution is -2.62. The second kappa shape index (κ2) is 25.9. The number of carbonyl (C=O) groups is 8. The van der Waals surface area contributed by atoms with Crippen LogP contribution in [0.15, 0.2) is 0 Å². The predicted molar refractivity (Wildman–Crippen MR) is 206 cm³/mol. The van der Waals surface area contributed by atoms with Gasteiger partial charge in [0.1, 0.15) is 42.3 Å². The zero-order valence-corrected chi connectivity index (χ0v) is 33.7. The number of thiol groups is 1. The number of carbonyl (C=O) groups excluding carboxylic acids is 8. The summed E-state index contributed by atoms with van der Waals surface area (Å²) in [7, 11) is 0. The van der Waals surface area contributed by atoms with Crippen molar-refractivity contribution in [1.82, 2.24) is 37.2 Å². The van der Waals surface area contributed by atoms with Crippen molar-refractivity contribution in [2.75, 3.05) is 25.5 Å². The molecule has 0 aromatic heterocycles. The van der Waals surface area contributed by atoms with Gasteiger partial charge in [0.05, 0.1) is 19.3 Å². The van der Waals surface area contributed by atoms with E-state index in [1.165, 1.54) is 6.92 Å². The number of nitrogens with two attached hydrogens (primary N) is 3. The number of primary amides is 1. The van der Waals surface area contributed by atoms with E-state index in [0.717, 1.165) is 0 Å². The second-order valence-corrected chi connectivity index (χ2v) is 14.5. The maximum Gasteiger partial charge on any atom is 0.245 e. The fraction of sp³-hybridized carbons (Fsp3) is 0.765. The van der Waals surface area contributed by atoms with Gasteiger partial charge in [0.2, 0.25) is 47.3 Å². The average molecular weight is 805 g/mol. The van der Waals surface area contributed by atoms with E-state index in [2.05, 4.69) is 49.8 Å². The number of aliphatic hydroxyl groups is 2. The molecule has 9 atom stereocenters. The van der Waals surface area contributed by atoms with Gasteiger partial charge in [0.25, 0.3) is 0 Å². The minimum absolute atomic E-state index is 0.0164. The molecular formula is C34H64N10O10S. The number of aliphatic hydroxyl groups excluding tert-OH is 2. The first kappa shape index (κ1) is 51.0. The molecule has 0 aliphatic carbocycles. The van der Waals surface area contributed by atoms with Crippen LogP contribution in [0, 0.1) is 17.8 Å². The molecule has 0 saturated carbocycles. The Morgan fingerprint density at radius 1 is 0.582 bits per heavy atom. The van der Waals surface area contributed by atoms with E-state index in [4.69, 9.17) is 17.2 Å². The van der Waals surface area contributed by atoms with Crippen LogP contribution in [-0.2, 0) is 38.4 Å². The molecule has 55 heavy (non-hydrogen) atoms. The molecular weight excluding hydrogens is 741 g/mol. The lowest BCUT2D eigenvalue weighted by atomic mass is 9.96. The van der Waals surface area contributed by atoms with E-state index in [0.29, 0.717) is 25.8 Å². The third-order valence-electron chi connectivity index (χ3n) is 8.81. The SMILES string of the molecule is CC[C@H](C)[C@H](NC(=O)[C@H](CO)NC(=O)[C@@H](N)CS)C(=O)N[C@@H](CCCCN)C(=O)N[C@H](C(=O)N[C@@H](C)C(=O)N[C@H](C(=O)N[C@@H](CO)C(N)=O)C(C)C)C(C)C. The number of nitrogens with one attached hydrogen (secondary N) is 7. The molecule has 0 aromatic carbocycles. The quantitative estimate of drug-likeness (QED) is 0.0291. The zero-order chi connectivity index (χ0) is 42.6. The molecule has 8 amide bonds. The molecule has 15 N–H and O–H groups in total. The highest BCUT2D eigenvalue weighted by Gasteiger charge is 2.35. The van der Waals surface area contributed by atoms with Crippen LogP contribution in [0.25, 0.3) is 0 Å². The Balaban J connectivity index is 6.03. The standard InChI is InChI=1S/C34H64N10O10S/c1-8-18(6)26(44-31(51)23(14-46)41-29(49)20(36)15-55)34(54)39-21(11-9-10-12-35)30(50)43-24(16(2)3)32(52)38-19(7)28(48)42-25(17(4)5)33(53)40-22(13-45)27(37)47/h16-26,45-46,55H,8-15,35-36H2,1-7H3,(H2,37,47)(H,38,52)(H,39,54)(H,40,53)(H,41,49)(H,42,48)(H,43,50)(H,44,51)/t18-,19-,20-,21-,22-,23-,24-,25-,26-/m0/s1. The molecule has 0 fully saturated rings. The fourth-order valence-electron chi connectivity index (χ4n) is 4.97. The van der Waals surface area contributed by atoms with Crippen LogP contribution in [0.5, 0.6) is 0 Å². The van der Waals surface area contributed by atoms with Crippen molar-refractivity contribution in [2.24, 2.45) is 35.0 Å². The van der Waals surface area contributed by atoms with Crippen molar-refractivity contribution in [3.05, 3.63) is 0 Å². The number of hydrogen-bond acceptors (Lipinski definition) is 13. The van der Waals surface area contributed by atoms with Crippen LogP contribution in [0.4, 0.5) is 0 Å². The highest BCUT2D eigenvalue weighted by molar-refractivity contribution is 7.80. The summed E-state index contributed by atoms with van der Waals surface area (Å²) in [6, 6.07) is -9.78. The van der Waals surface area contributed by atoms with Crippen LogP contribution in [0.3, 0.4) is 0 Å². The Kier molecular flexibility index (Phi) is 24.0. The Morgan fingerprint density at radius 2 is 1.02 bits per heavy atom. The summed E-state index contributed by atoms with van der Waals surface area (Å²) in [5, 5.41) is 36.6. The third kappa shape index (κ3) is 17.5. The second-order valence-electron chi connectivity index (χ2n) is 14.1. The maximum absolute atomic E-state index is 13.7. The number of rotatable bonds is 26. The van der Waals surface area contributed by atoms with Crippen LogP contribution < -0.4 is 54.4 Å². The van der Waals surface area contributed by atoms with Crippen LogP contribution >= 0.6 is 12.6 Å². The highest BCUT2D eigenvalue weighted by atomic mass is 32.1. The van der Waals surface area contributed by atoms with E-state index in [9.17, 15) is 48.6 Å². The summed E-state index contributed by atoms with van der Waals surface area (Å²) in [4.78, 5) is 104. The van der Waals surface area contributed by atoms with Crippen LogP contribution in [-0.4, -0.2) is 131 Å². The van der Waals surface area contributed by atoms with Crippen LogP contribution in [0.2, 0.25) is 0 Å². The lowest BCUT2D eigenvalue weighted by molar-refractivity contribution is -0.137. The van der Waals surface area contributed by atoms with E-state index in [1.807, 2.05) is 0 Å². The number of hydrogen-bond donors (Lipinski definition) is 13. The summed E-state index contributed by atoms with van der Waals surface area (Å²) in [6.07, 6.45) is 1.46. The van der Waals surface area contributed by atoms with E-state index >= 15 is 0 Å². The molecule has 0 aromatic rings. The summed E-state index contributed by atoms with van der Waals surface area (Å²) >= 11 is 3.95. The number of amides is 8. The zero-order valence-electron chi connectivity index (χ0n) is 32.8. The van der Waals surface area contributed by atoms with Crippen molar-refractivity contribution in [3.63, 3.8) is 0 Å². The maximum atomic E-state index is 13.7. The molecule has 21 heteroatoms. The first-order valence-corrected chi connectivity index (χ1v) is 19.0. The van der Waals surface area contributed by atoms with Gasteiger partial charge in [-0.2, -0.15) is 12.6 Å². The molecule has 0 spiro atoms. The molecule has 0 bridgehead atoms. The topological polar surface area (TPSA) is 339 Å². The van der Waals surface area contributed by atoms with Crippen molar-refractivity contribution in [1.29, 1.82) is 0 Å². The van der Waals surface area contributed by atoms with Gasteiger partial charge in [-0.3, -0.25) is 38.4 Å². The summed E-state index contributed by atoms with van der Waals surface area (Å²) in [5.41, 5.74) is 16.5. The van der Waals surface area contributed by atoms with Crippen molar-refractivity contribution in [2.45, 2.75) is 122 Å². The Hall–Kier alpha value is -4.05. The first-order chi connectivity index (χ1) is 25.7. The van der Waals surface area contributed by atoms with Crippen molar-refractivity contribution in [3.8, 4) is 0 Å². The molecule has 316 valence electrons. The fourth-order valence-corrected chi connectivity index (χ4v) is 5.14. The molecule has 0 radical (unpaired) electrons. The Bertz CT molecular complexity index is 1310. The molecule has 0 unspecified atom stereocenters. The van der Waals surface area contributed by atoms with Gasteiger partial charge in [-0.15, -0.1) is 0 Å². The minimum Gasteiger partial charge on any atom is -0.394 e. The van der Waals surface area contributed by atoms with Gasteiger partial charge in [-0.25, -0.2) is 0 Å². The lowest BCUT2D eigenvalue weighted by Gasteiger charge is -2.30. The van der Waals surface area contributed by atoms with Gasteiger partial charge >= 0.3 is 0 Å². The Morgan fingerprint density at radius 3 is 1.47 bits per heavy atom. The summed E-state index contributed by atoms with van der Waals surface area (Å²) < 4.78 is 0. The van der Waals surface area contributed by atoms with Gasteiger partial charge in [0, 0.05) is 5.75 Å². The summed E-state index contributed by atoms with van der Waals surface area (Å²) in [6.45, 7) is 10.2. The predicted octanol–water partition coefficient (Wildman–Crippen LogP) is -4.39. The van der Waals surface area contributed by atoms with Gasteiger partial charge in [-0.1, -0.05) is 48.0 Å². The molecule has 0 aliphatic rings.